The number of nitrogens with zero attached hydrogens (tertiary/aromatic N) is 2. The quantitative estimate of drug-likeness (QED) is 0.795. The molecule has 0 aromatic heterocycles. The third-order valence-electron chi connectivity index (χ3n) is 4.11. The fourth-order valence-electron chi connectivity index (χ4n) is 2.63. The molecule has 2 rings (SSSR count). The van der Waals surface area contributed by atoms with Crippen molar-refractivity contribution >= 4 is 45.2 Å². The number of ether oxygens (including phenoxy) is 1. The van der Waals surface area contributed by atoms with Gasteiger partial charge in [-0.15, -0.1) is 0 Å². The van der Waals surface area contributed by atoms with E-state index in [1.807, 2.05) is 0 Å². The van der Waals surface area contributed by atoms with E-state index in [0.717, 1.165) is 18.2 Å². The standard InChI is InChI=1S/C15H18Cl2N2O6S/c1-18(26(2,23)24)14(20)10-8-19(15(21)22)5-6-25-13(10)9-3-4-11(16)12(17)7-9/h3-4,7,10,13H,5-6,8H2,1-2H3,(H,21,22)/t10-,13+/m1/s1. The molecular weight excluding hydrogens is 407 g/mol. The first kappa shape index (κ1) is 20.8. The molecule has 8 nitrogen and oxygen atoms in total. The molecule has 0 spiro atoms. The summed E-state index contributed by atoms with van der Waals surface area (Å²) >= 11 is 11.9. The van der Waals surface area contributed by atoms with Gasteiger partial charge in [-0.3, -0.25) is 4.79 Å². The molecular formula is C15H18Cl2N2O6S. The average Bonchev–Trinajstić information content (AvgIpc) is 2.78. The van der Waals surface area contributed by atoms with Crippen molar-refractivity contribution in [1.29, 1.82) is 0 Å². The van der Waals surface area contributed by atoms with Crippen molar-refractivity contribution in [1.82, 2.24) is 9.21 Å². The van der Waals surface area contributed by atoms with Crippen molar-refractivity contribution in [3.8, 4) is 0 Å². The van der Waals surface area contributed by atoms with Gasteiger partial charge in [0.25, 0.3) is 0 Å². The molecule has 1 aromatic rings. The van der Waals surface area contributed by atoms with Gasteiger partial charge in [-0.1, -0.05) is 29.3 Å². The van der Waals surface area contributed by atoms with Gasteiger partial charge >= 0.3 is 6.09 Å². The molecule has 1 aromatic carbocycles. The van der Waals surface area contributed by atoms with Gasteiger partial charge in [0, 0.05) is 20.1 Å². The maximum absolute atomic E-state index is 12.8. The lowest BCUT2D eigenvalue weighted by atomic mass is 9.94. The van der Waals surface area contributed by atoms with E-state index in [0.29, 0.717) is 14.9 Å². The molecule has 0 radical (unpaired) electrons. The van der Waals surface area contributed by atoms with Crippen LogP contribution in [0.15, 0.2) is 18.2 Å². The first-order valence-corrected chi connectivity index (χ1v) is 10.1. The van der Waals surface area contributed by atoms with Gasteiger partial charge in [0.2, 0.25) is 15.9 Å². The van der Waals surface area contributed by atoms with E-state index in [4.69, 9.17) is 27.9 Å². The largest absolute Gasteiger partial charge is 0.465 e. The number of carbonyl (C=O) groups is 2. The SMILES string of the molecule is CN(C(=O)[C@@H]1CN(C(=O)O)CCO[C@H]1c1ccc(Cl)c(Cl)c1)S(C)(=O)=O. The molecule has 0 saturated carbocycles. The van der Waals surface area contributed by atoms with Crippen LogP contribution < -0.4 is 0 Å². The summed E-state index contributed by atoms with van der Waals surface area (Å²) in [6.45, 7) is -0.109. The summed E-state index contributed by atoms with van der Waals surface area (Å²) in [5, 5.41) is 9.84. The topological polar surface area (TPSA) is 104 Å². The van der Waals surface area contributed by atoms with Crippen LogP contribution in [-0.4, -0.2) is 67.7 Å². The van der Waals surface area contributed by atoms with Gasteiger partial charge in [-0.2, -0.15) is 0 Å². The maximum atomic E-state index is 12.8. The second kappa shape index (κ2) is 7.99. The molecule has 0 bridgehead atoms. The van der Waals surface area contributed by atoms with E-state index >= 15 is 0 Å². The van der Waals surface area contributed by atoms with Crippen molar-refractivity contribution < 1.29 is 27.9 Å². The Hall–Kier alpha value is -1.55. The van der Waals surface area contributed by atoms with Gasteiger partial charge in [-0.25, -0.2) is 17.5 Å². The third kappa shape index (κ3) is 4.59. The fourth-order valence-corrected chi connectivity index (χ4v) is 3.40. The number of hydrogen-bond acceptors (Lipinski definition) is 5. The maximum Gasteiger partial charge on any atom is 0.407 e. The molecule has 1 N–H and O–H groups in total. The third-order valence-corrected chi connectivity index (χ3v) is 6.02. The zero-order valence-corrected chi connectivity index (χ0v) is 16.4. The second-order valence-electron chi connectivity index (χ2n) is 5.87. The highest BCUT2D eigenvalue weighted by Gasteiger charge is 2.39. The molecule has 0 aliphatic carbocycles. The molecule has 1 fully saturated rings. The first-order chi connectivity index (χ1) is 12.0. The number of carbonyl (C=O) groups excluding carboxylic acids is 1. The number of rotatable bonds is 3. The molecule has 1 aliphatic heterocycles. The Kier molecular flexibility index (Phi) is 6.38. The Labute approximate surface area is 161 Å². The van der Waals surface area contributed by atoms with Crippen molar-refractivity contribution in [2.45, 2.75) is 6.10 Å². The fraction of sp³-hybridized carbons (Fsp3) is 0.467. The Balaban J connectivity index is 2.46. The number of carboxylic acid groups (broad SMARTS) is 1. The van der Waals surface area contributed by atoms with Gasteiger partial charge in [0.15, 0.2) is 0 Å². The van der Waals surface area contributed by atoms with Crippen LogP contribution in [0.5, 0.6) is 0 Å². The predicted octanol–water partition coefficient (Wildman–Crippen LogP) is 2.08. The molecule has 1 aliphatic rings. The summed E-state index contributed by atoms with van der Waals surface area (Å²) in [4.78, 5) is 25.2. The van der Waals surface area contributed by atoms with E-state index in [1.165, 1.54) is 12.1 Å². The van der Waals surface area contributed by atoms with E-state index in [1.54, 1.807) is 6.07 Å². The van der Waals surface area contributed by atoms with Crippen molar-refractivity contribution in [3.63, 3.8) is 0 Å². The normalized spacial score (nSPS) is 21.2. The Bertz CT molecular complexity index is 816. The smallest absolute Gasteiger partial charge is 0.407 e. The lowest BCUT2D eigenvalue weighted by molar-refractivity contribution is -0.134. The van der Waals surface area contributed by atoms with E-state index in [-0.39, 0.29) is 24.7 Å². The van der Waals surface area contributed by atoms with Crippen LogP contribution in [0.4, 0.5) is 4.79 Å². The van der Waals surface area contributed by atoms with Crippen molar-refractivity contribution in [3.05, 3.63) is 33.8 Å². The van der Waals surface area contributed by atoms with E-state index in [2.05, 4.69) is 0 Å². The summed E-state index contributed by atoms with van der Waals surface area (Å²) in [6.07, 6.45) is -1.19. The minimum Gasteiger partial charge on any atom is -0.465 e. The molecule has 2 amide bonds. The van der Waals surface area contributed by atoms with Crippen LogP contribution in [0.25, 0.3) is 0 Å². The van der Waals surface area contributed by atoms with Gasteiger partial charge in [0.1, 0.15) is 0 Å². The monoisotopic (exact) mass is 424 g/mol. The minimum atomic E-state index is -3.81. The Morgan fingerprint density at radius 2 is 1.96 bits per heavy atom. The molecule has 11 heteroatoms. The summed E-state index contributed by atoms with van der Waals surface area (Å²) in [6, 6.07) is 4.66. The average molecular weight is 425 g/mol. The lowest BCUT2D eigenvalue weighted by Gasteiger charge is -2.29. The van der Waals surface area contributed by atoms with Crippen molar-refractivity contribution in [2.75, 3.05) is 33.0 Å². The molecule has 2 atom stereocenters. The van der Waals surface area contributed by atoms with Crippen molar-refractivity contribution in [2.24, 2.45) is 5.92 Å². The summed E-state index contributed by atoms with van der Waals surface area (Å²) in [7, 11) is -2.68. The van der Waals surface area contributed by atoms with Crippen LogP contribution in [0.2, 0.25) is 10.0 Å². The summed E-state index contributed by atoms with van der Waals surface area (Å²) in [5.41, 5.74) is 0.506. The molecule has 26 heavy (non-hydrogen) atoms. The first-order valence-electron chi connectivity index (χ1n) is 7.54. The highest BCUT2D eigenvalue weighted by molar-refractivity contribution is 7.88. The van der Waals surface area contributed by atoms with Gasteiger partial charge in [0.05, 0.1) is 34.9 Å². The second-order valence-corrected chi connectivity index (χ2v) is 8.70. The van der Waals surface area contributed by atoms with Gasteiger partial charge in [-0.05, 0) is 17.7 Å². The molecule has 144 valence electrons. The molecule has 1 saturated heterocycles. The summed E-state index contributed by atoms with van der Waals surface area (Å²) < 4.78 is 29.8. The van der Waals surface area contributed by atoms with Crippen LogP contribution in [0, 0.1) is 5.92 Å². The van der Waals surface area contributed by atoms with Crippen LogP contribution in [-0.2, 0) is 19.6 Å². The van der Waals surface area contributed by atoms with Crippen LogP contribution >= 0.6 is 23.2 Å². The Morgan fingerprint density at radius 1 is 1.31 bits per heavy atom. The van der Waals surface area contributed by atoms with E-state index < -0.39 is 34.0 Å². The number of sulfonamides is 1. The highest BCUT2D eigenvalue weighted by atomic mass is 35.5. The van der Waals surface area contributed by atoms with E-state index in [9.17, 15) is 23.1 Å². The molecule has 0 unspecified atom stereocenters. The zero-order chi connectivity index (χ0) is 19.6. The predicted molar refractivity (Wildman–Crippen MR) is 95.9 cm³/mol. The van der Waals surface area contributed by atoms with Gasteiger partial charge < -0.3 is 14.7 Å². The number of amides is 2. The number of benzene rings is 1. The lowest BCUT2D eigenvalue weighted by Crippen LogP contribution is -2.44. The highest BCUT2D eigenvalue weighted by Crippen LogP contribution is 2.34. The van der Waals surface area contributed by atoms with Crippen LogP contribution in [0.3, 0.4) is 0 Å². The molecule has 1 heterocycles. The zero-order valence-electron chi connectivity index (χ0n) is 14.1. The van der Waals surface area contributed by atoms with Crippen LogP contribution in [0.1, 0.15) is 11.7 Å². The number of hydrogen-bond donors (Lipinski definition) is 1. The Morgan fingerprint density at radius 3 is 2.50 bits per heavy atom. The summed E-state index contributed by atoms with van der Waals surface area (Å²) in [5.74, 6) is -1.83. The number of halogens is 2. The minimum absolute atomic E-state index is 0.0452.